The molecule has 6 heteroatoms. The number of rotatable bonds is 8. The molecule has 0 aromatic heterocycles. The Bertz CT molecular complexity index is 1150. The lowest BCUT2D eigenvalue weighted by Gasteiger charge is -2.12. The number of benzene rings is 3. The van der Waals surface area contributed by atoms with Gasteiger partial charge in [0, 0.05) is 12.1 Å². The van der Waals surface area contributed by atoms with Gasteiger partial charge in [-0.2, -0.15) is 0 Å². The molecule has 0 aliphatic heterocycles. The summed E-state index contributed by atoms with van der Waals surface area (Å²) in [6.45, 7) is 5.88. The molecule has 0 saturated carbocycles. The Labute approximate surface area is 184 Å². The number of hydrogen-bond donors (Lipinski definition) is 2. The topological polar surface area (TPSA) is 75.3 Å². The maximum Gasteiger partial charge on any atom is 0.261 e. The van der Waals surface area contributed by atoms with Gasteiger partial charge in [0.1, 0.15) is 0 Å². The predicted molar refractivity (Wildman–Crippen MR) is 126 cm³/mol. The lowest BCUT2D eigenvalue weighted by molar-refractivity contribution is -0.116. The Hall–Kier alpha value is -3.12. The summed E-state index contributed by atoms with van der Waals surface area (Å²) < 4.78 is 28.0. The van der Waals surface area contributed by atoms with Crippen molar-refractivity contribution >= 4 is 27.3 Å². The Kier molecular flexibility index (Phi) is 7.13. The summed E-state index contributed by atoms with van der Waals surface area (Å²) in [4.78, 5) is 12.4. The molecule has 3 rings (SSSR count). The number of amides is 1. The van der Waals surface area contributed by atoms with Crippen LogP contribution in [0.3, 0.4) is 0 Å². The normalized spacial score (nSPS) is 11.2. The molecule has 31 heavy (non-hydrogen) atoms. The largest absolute Gasteiger partial charge is 0.326 e. The molecule has 0 unspecified atom stereocenters. The van der Waals surface area contributed by atoms with Gasteiger partial charge in [-0.05, 0) is 79.3 Å². The standard InChI is InChI=1S/C25H28N2O3S/c1-4-20-7-9-21(10-8-20)11-16-25(28)26-22-12-14-23(15-13-22)31(29,30)27-24-17-18(2)5-6-19(24)3/h5-10,12-15,17,27H,4,11,16H2,1-3H3,(H,26,28). The Morgan fingerprint density at radius 3 is 2.16 bits per heavy atom. The minimum atomic E-state index is -3.71. The van der Waals surface area contributed by atoms with Crippen LogP contribution in [0.25, 0.3) is 0 Å². The molecular weight excluding hydrogens is 408 g/mol. The van der Waals surface area contributed by atoms with E-state index in [9.17, 15) is 13.2 Å². The number of carbonyl (C=O) groups excluding carboxylic acids is 1. The third kappa shape index (κ3) is 6.18. The van der Waals surface area contributed by atoms with Crippen molar-refractivity contribution in [2.45, 2.75) is 44.9 Å². The third-order valence-electron chi connectivity index (χ3n) is 5.16. The van der Waals surface area contributed by atoms with Crippen LogP contribution < -0.4 is 10.0 Å². The fourth-order valence-corrected chi connectivity index (χ4v) is 4.31. The van der Waals surface area contributed by atoms with Gasteiger partial charge < -0.3 is 5.32 Å². The minimum absolute atomic E-state index is 0.108. The molecule has 1 amide bonds. The van der Waals surface area contributed by atoms with Crippen LogP contribution in [-0.4, -0.2) is 14.3 Å². The van der Waals surface area contributed by atoms with E-state index in [2.05, 4.69) is 41.2 Å². The van der Waals surface area contributed by atoms with Gasteiger partial charge in [0.25, 0.3) is 10.0 Å². The Balaban J connectivity index is 1.59. The van der Waals surface area contributed by atoms with Gasteiger partial charge in [-0.3, -0.25) is 9.52 Å². The zero-order valence-corrected chi connectivity index (χ0v) is 18.9. The molecule has 0 aliphatic carbocycles. The Morgan fingerprint density at radius 1 is 0.871 bits per heavy atom. The van der Waals surface area contributed by atoms with Crippen LogP contribution >= 0.6 is 0 Å². The van der Waals surface area contributed by atoms with Crippen LogP contribution in [0.15, 0.2) is 71.6 Å². The molecule has 0 bridgehead atoms. The van der Waals surface area contributed by atoms with Gasteiger partial charge in [-0.25, -0.2) is 8.42 Å². The monoisotopic (exact) mass is 436 g/mol. The molecule has 0 aliphatic rings. The first-order valence-corrected chi connectivity index (χ1v) is 11.8. The molecule has 0 spiro atoms. The smallest absolute Gasteiger partial charge is 0.261 e. The molecule has 5 nitrogen and oxygen atoms in total. The highest BCUT2D eigenvalue weighted by molar-refractivity contribution is 7.92. The fraction of sp³-hybridized carbons (Fsp3) is 0.240. The molecule has 0 saturated heterocycles. The zero-order chi connectivity index (χ0) is 22.4. The zero-order valence-electron chi connectivity index (χ0n) is 18.1. The summed E-state index contributed by atoms with van der Waals surface area (Å²) in [6.07, 6.45) is 2.01. The van der Waals surface area contributed by atoms with Gasteiger partial charge in [-0.15, -0.1) is 0 Å². The van der Waals surface area contributed by atoms with Crippen molar-refractivity contribution in [2.75, 3.05) is 10.0 Å². The highest BCUT2D eigenvalue weighted by Gasteiger charge is 2.15. The molecule has 0 radical (unpaired) electrons. The van der Waals surface area contributed by atoms with Crippen LogP contribution in [-0.2, 0) is 27.7 Å². The average molecular weight is 437 g/mol. The van der Waals surface area contributed by atoms with Crippen LogP contribution in [0.1, 0.15) is 35.6 Å². The van der Waals surface area contributed by atoms with Crippen molar-refractivity contribution < 1.29 is 13.2 Å². The first-order chi connectivity index (χ1) is 14.8. The van der Waals surface area contributed by atoms with Crippen molar-refractivity contribution in [3.63, 3.8) is 0 Å². The van der Waals surface area contributed by atoms with E-state index in [4.69, 9.17) is 0 Å². The molecule has 162 valence electrons. The number of hydrogen-bond acceptors (Lipinski definition) is 3. The van der Waals surface area contributed by atoms with Crippen LogP contribution in [0, 0.1) is 13.8 Å². The number of anilines is 2. The average Bonchev–Trinajstić information content (AvgIpc) is 2.75. The van der Waals surface area contributed by atoms with Crippen molar-refractivity contribution in [3.05, 3.63) is 89.0 Å². The van der Waals surface area contributed by atoms with Crippen LogP contribution in [0.4, 0.5) is 11.4 Å². The lowest BCUT2D eigenvalue weighted by atomic mass is 10.1. The van der Waals surface area contributed by atoms with E-state index in [1.54, 1.807) is 18.2 Å². The van der Waals surface area contributed by atoms with Crippen LogP contribution in [0.2, 0.25) is 0 Å². The van der Waals surface area contributed by atoms with Gasteiger partial charge in [-0.1, -0.05) is 43.3 Å². The maximum absolute atomic E-state index is 12.7. The van der Waals surface area contributed by atoms with E-state index in [0.29, 0.717) is 24.2 Å². The number of nitrogens with one attached hydrogen (secondary N) is 2. The van der Waals surface area contributed by atoms with E-state index in [1.807, 2.05) is 26.0 Å². The third-order valence-corrected chi connectivity index (χ3v) is 6.54. The summed E-state index contributed by atoms with van der Waals surface area (Å²) in [5, 5.41) is 2.83. The van der Waals surface area contributed by atoms with E-state index in [0.717, 1.165) is 23.1 Å². The van der Waals surface area contributed by atoms with Gasteiger partial charge in [0.2, 0.25) is 5.91 Å². The molecule has 0 atom stereocenters. The Morgan fingerprint density at radius 2 is 1.52 bits per heavy atom. The van der Waals surface area contributed by atoms with Gasteiger partial charge in [0.05, 0.1) is 10.6 Å². The van der Waals surface area contributed by atoms with E-state index < -0.39 is 10.0 Å². The van der Waals surface area contributed by atoms with Gasteiger partial charge in [0.15, 0.2) is 0 Å². The molecule has 0 fully saturated rings. The summed E-state index contributed by atoms with van der Waals surface area (Å²) in [5.41, 5.74) is 5.34. The molecule has 3 aromatic rings. The molecule has 3 aromatic carbocycles. The quantitative estimate of drug-likeness (QED) is 0.507. The number of sulfonamides is 1. The lowest BCUT2D eigenvalue weighted by Crippen LogP contribution is -2.15. The van der Waals surface area contributed by atoms with Crippen molar-refractivity contribution in [1.82, 2.24) is 0 Å². The van der Waals surface area contributed by atoms with E-state index in [-0.39, 0.29) is 10.8 Å². The summed E-state index contributed by atoms with van der Waals surface area (Å²) in [6, 6.07) is 20.1. The van der Waals surface area contributed by atoms with Crippen molar-refractivity contribution in [3.8, 4) is 0 Å². The summed E-state index contributed by atoms with van der Waals surface area (Å²) in [5.74, 6) is -0.108. The first kappa shape index (κ1) is 22.6. The van der Waals surface area contributed by atoms with Crippen molar-refractivity contribution in [1.29, 1.82) is 0 Å². The second kappa shape index (κ2) is 9.79. The van der Waals surface area contributed by atoms with Crippen molar-refractivity contribution in [2.24, 2.45) is 0 Å². The summed E-state index contributed by atoms with van der Waals surface area (Å²) >= 11 is 0. The maximum atomic E-state index is 12.7. The van der Waals surface area contributed by atoms with E-state index in [1.165, 1.54) is 17.7 Å². The second-order valence-corrected chi connectivity index (χ2v) is 9.35. The molecular formula is C25H28N2O3S. The molecule has 2 N–H and O–H groups in total. The fourth-order valence-electron chi connectivity index (χ4n) is 3.19. The minimum Gasteiger partial charge on any atom is -0.326 e. The van der Waals surface area contributed by atoms with E-state index >= 15 is 0 Å². The van der Waals surface area contributed by atoms with Gasteiger partial charge >= 0.3 is 0 Å². The highest BCUT2D eigenvalue weighted by atomic mass is 32.2. The predicted octanol–water partition coefficient (Wildman–Crippen LogP) is 5.24. The second-order valence-electron chi connectivity index (χ2n) is 7.67. The molecule has 0 heterocycles. The van der Waals surface area contributed by atoms with Crippen LogP contribution in [0.5, 0.6) is 0 Å². The highest BCUT2D eigenvalue weighted by Crippen LogP contribution is 2.22. The number of aryl methyl sites for hydroxylation is 4. The first-order valence-electron chi connectivity index (χ1n) is 10.3. The SMILES string of the molecule is CCc1ccc(CCC(=O)Nc2ccc(S(=O)(=O)Nc3cc(C)ccc3C)cc2)cc1. The number of carbonyl (C=O) groups is 1. The summed E-state index contributed by atoms with van der Waals surface area (Å²) in [7, 11) is -3.71.